The number of carbonyl (C=O) groups is 2. The lowest BCUT2D eigenvalue weighted by Crippen LogP contribution is -2.47. The van der Waals surface area contributed by atoms with Gasteiger partial charge in [0.2, 0.25) is 17.6 Å². The molecular formula is C35H40N4O5. The summed E-state index contributed by atoms with van der Waals surface area (Å²) >= 11 is 0. The maximum Gasteiger partial charge on any atom is 0.407 e. The second kappa shape index (κ2) is 15.3. The second-order valence-electron chi connectivity index (χ2n) is 11.1. The zero-order chi connectivity index (χ0) is 30.7. The van der Waals surface area contributed by atoms with Gasteiger partial charge in [-0.1, -0.05) is 111 Å². The molecule has 0 aliphatic heterocycles. The molecule has 0 saturated heterocycles. The van der Waals surface area contributed by atoms with Gasteiger partial charge in [-0.05, 0) is 40.7 Å². The van der Waals surface area contributed by atoms with Crippen LogP contribution in [0.3, 0.4) is 0 Å². The number of ether oxygens (including phenoxy) is 1. The molecule has 9 heteroatoms. The zero-order valence-electron chi connectivity index (χ0n) is 25.1. The Hall–Kier alpha value is -4.50. The van der Waals surface area contributed by atoms with E-state index < -0.39 is 18.0 Å². The SMILES string of the molecule is CCCCCCCc1nc(-c2ccc(CNC(=O)C(CCO)NC(=O)OCC3c4ccccc4-c4ccccc43)cc2)no1. The van der Waals surface area contributed by atoms with Gasteiger partial charge >= 0.3 is 6.09 Å². The van der Waals surface area contributed by atoms with Crippen molar-refractivity contribution in [1.29, 1.82) is 0 Å². The van der Waals surface area contributed by atoms with E-state index in [4.69, 9.17) is 9.26 Å². The van der Waals surface area contributed by atoms with Crippen molar-refractivity contribution in [3.63, 3.8) is 0 Å². The third-order valence-corrected chi connectivity index (χ3v) is 8.01. The van der Waals surface area contributed by atoms with E-state index in [1.165, 1.54) is 19.3 Å². The molecule has 5 rings (SSSR count). The Labute approximate surface area is 258 Å². The predicted octanol–water partition coefficient (Wildman–Crippen LogP) is 6.16. The maximum atomic E-state index is 12.9. The Bertz CT molecular complexity index is 1490. The first-order valence-corrected chi connectivity index (χ1v) is 15.5. The standard InChI is InChI=1S/C35H40N4O5/c1-2-3-4-5-6-15-32-38-33(39-44-32)25-18-16-24(17-19-25)22-36-34(41)31(20-21-40)37-35(42)43-23-30-28-13-9-7-11-26(28)27-12-8-10-14-29(27)30/h7-14,16-19,30-31,40H,2-6,15,20-23H2,1H3,(H,36,41)(H,37,42). The van der Waals surface area contributed by atoms with Crippen LogP contribution in [0.2, 0.25) is 0 Å². The third-order valence-electron chi connectivity index (χ3n) is 8.01. The Balaban J connectivity index is 1.10. The van der Waals surface area contributed by atoms with Crippen LogP contribution in [0, 0.1) is 0 Å². The van der Waals surface area contributed by atoms with E-state index in [0.29, 0.717) is 11.7 Å². The molecule has 44 heavy (non-hydrogen) atoms. The molecule has 0 spiro atoms. The normalized spacial score (nSPS) is 12.8. The fourth-order valence-electron chi connectivity index (χ4n) is 5.62. The molecular weight excluding hydrogens is 556 g/mol. The number of nitrogens with one attached hydrogen (secondary N) is 2. The van der Waals surface area contributed by atoms with Gasteiger partial charge < -0.3 is 25.0 Å². The molecule has 0 saturated carbocycles. The van der Waals surface area contributed by atoms with Crippen molar-refractivity contribution in [3.05, 3.63) is 95.4 Å². The van der Waals surface area contributed by atoms with Gasteiger partial charge in [0.05, 0.1) is 0 Å². The summed E-state index contributed by atoms with van der Waals surface area (Å²) in [6.45, 7) is 2.33. The summed E-state index contributed by atoms with van der Waals surface area (Å²) < 4.78 is 11.0. The van der Waals surface area contributed by atoms with E-state index in [2.05, 4.69) is 39.8 Å². The van der Waals surface area contributed by atoms with Gasteiger partial charge in [0.1, 0.15) is 12.6 Å². The van der Waals surface area contributed by atoms with E-state index >= 15 is 0 Å². The van der Waals surface area contributed by atoms with Crippen LogP contribution in [-0.4, -0.2) is 46.5 Å². The Kier molecular flexibility index (Phi) is 10.8. The number of hydrogen-bond acceptors (Lipinski definition) is 7. The van der Waals surface area contributed by atoms with Crippen molar-refractivity contribution in [1.82, 2.24) is 20.8 Å². The number of rotatable bonds is 15. The van der Waals surface area contributed by atoms with Gasteiger partial charge in [-0.3, -0.25) is 4.79 Å². The number of benzene rings is 3. The Morgan fingerprint density at radius 2 is 1.61 bits per heavy atom. The number of unbranched alkanes of at least 4 members (excludes halogenated alkanes) is 4. The predicted molar refractivity (Wildman–Crippen MR) is 168 cm³/mol. The first-order valence-electron chi connectivity index (χ1n) is 15.5. The summed E-state index contributed by atoms with van der Waals surface area (Å²) in [5.41, 5.74) is 6.18. The molecule has 0 radical (unpaired) electrons. The van der Waals surface area contributed by atoms with Crippen LogP contribution in [0.25, 0.3) is 22.5 Å². The van der Waals surface area contributed by atoms with Crippen LogP contribution in [0.1, 0.15) is 73.9 Å². The van der Waals surface area contributed by atoms with Crippen LogP contribution in [0.4, 0.5) is 4.79 Å². The fourth-order valence-corrected chi connectivity index (χ4v) is 5.62. The minimum Gasteiger partial charge on any atom is -0.449 e. The molecule has 1 atom stereocenters. The number of alkyl carbamates (subject to hydrolysis) is 1. The number of hydrogen-bond donors (Lipinski definition) is 3. The number of amides is 2. The molecule has 3 aromatic carbocycles. The lowest BCUT2D eigenvalue weighted by molar-refractivity contribution is -0.123. The van der Waals surface area contributed by atoms with Crippen LogP contribution >= 0.6 is 0 Å². The van der Waals surface area contributed by atoms with Gasteiger partial charge in [-0.15, -0.1) is 0 Å². The molecule has 3 N–H and O–H groups in total. The maximum absolute atomic E-state index is 12.9. The van der Waals surface area contributed by atoms with Crippen LogP contribution in [-0.2, 0) is 22.5 Å². The topological polar surface area (TPSA) is 127 Å². The molecule has 1 aliphatic carbocycles. The molecule has 0 fully saturated rings. The minimum atomic E-state index is -0.936. The number of carbonyl (C=O) groups excluding carboxylic acids is 2. The number of aryl methyl sites for hydroxylation is 1. The molecule has 1 unspecified atom stereocenters. The molecule has 0 bridgehead atoms. The highest BCUT2D eigenvalue weighted by atomic mass is 16.5. The summed E-state index contributed by atoms with van der Waals surface area (Å²) in [5.74, 6) is 0.695. The highest BCUT2D eigenvalue weighted by Gasteiger charge is 2.29. The Morgan fingerprint density at radius 3 is 2.30 bits per heavy atom. The van der Waals surface area contributed by atoms with Crippen molar-refractivity contribution in [2.75, 3.05) is 13.2 Å². The van der Waals surface area contributed by atoms with Gasteiger partial charge in [0.15, 0.2) is 0 Å². The number of nitrogens with zero attached hydrogens (tertiary/aromatic N) is 2. The fraction of sp³-hybridized carbons (Fsp3) is 0.371. The van der Waals surface area contributed by atoms with Crippen LogP contribution in [0.15, 0.2) is 77.3 Å². The first kappa shape index (κ1) is 30.9. The van der Waals surface area contributed by atoms with Gasteiger partial charge in [0.25, 0.3) is 0 Å². The summed E-state index contributed by atoms with van der Waals surface area (Å²) in [7, 11) is 0. The summed E-state index contributed by atoms with van der Waals surface area (Å²) in [6.07, 6.45) is 6.02. The smallest absolute Gasteiger partial charge is 0.407 e. The van der Waals surface area contributed by atoms with Gasteiger partial charge in [-0.2, -0.15) is 4.98 Å². The lowest BCUT2D eigenvalue weighted by Gasteiger charge is -2.19. The van der Waals surface area contributed by atoms with Crippen molar-refractivity contribution in [2.24, 2.45) is 0 Å². The molecule has 4 aromatic rings. The zero-order valence-corrected chi connectivity index (χ0v) is 25.1. The van der Waals surface area contributed by atoms with Gasteiger partial charge in [0, 0.05) is 31.1 Å². The molecule has 230 valence electrons. The number of aromatic nitrogens is 2. The molecule has 1 heterocycles. The summed E-state index contributed by atoms with van der Waals surface area (Å²) in [4.78, 5) is 30.2. The van der Waals surface area contributed by atoms with Crippen molar-refractivity contribution in [2.45, 2.75) is 70.4 Å². The number of aliphatic hydroxyl groups is 1. The quantitative estimate of drug-likeness (QED) is 0.140. The summed E-state index contributed by atoms with van der Waals surface area (Å²) in [6, 6.07) is 22.8. The molecule has 1 aliphatic rings. The van der Waals surface area contributed by atoms with Gasteiger partial charge in [-0.25, -0.2) is 4.79 Å². The van der Waals surface area contributed by atoms with Crippen molar-refractivity contribution < 1.29 is 24.0 Å². The minimum absolute atomic E-state index is 0.0632. The number of aliphatic hydroxyl groups excluding tert-OH is 1. The highest BCUT2D eigenvalue weighted by molar-refractivity contribution is 5.85. The van der Waals surface area contributed by atoms with Crippen molar-refractivity contribution in [3.8, 4) is 22.5 Å². The lowest BCUT2D eigenvalue weighted by atomic mass is 9.98. The summed E-state index contributed by atoms with van der Waals surface area (Å²) in [5, 5.41) is 19.1. The van der Waals surface area contributed by atoms with E-state index in [0.717, 1.165) is 52.6 Å². The average Bonchev–Trinajstić information content (AvgIpc) is 3.65. The van der Waals surface area contributed by atoms with Crippen molar-refractivity contribution >= 4 is 12.0 Å². The monoisotopic (exact) mass is 596 g/mol. The second-order valence-corrected chi connectivity index (χ2v) is 11.1. The molecule has 2 amide bonds. The highest BCUT2D eigenvalue weighted by Crippen LogP contribution is 2.44. The third kappa shape index (κ3) is 7.71. The van der Waals surface area contributed by atoms with E-state index in [1.807, 2.05) is 60.7 Å². The first-order chi connectivity index (χ1) is 21.6. The van der Waals surface area contributed by atoms with Crippen LogP contribution < -0.4 is 10.6 Å². The number of fused-ring (bicyclic) bond motifs is 3. The van der Waals surface area contributed by atoms with Crippen LogP contribution in [0.5, 0.6) is 0 Å². The van der Waals surface area contributed by atoms with E-state index in [9.17, 15) is 14.7 Å². The largest absolute Gasteiger partial charge is 0.449 e. The molecule has 9 nitrogen and oxygen atoms in total. The Morgan fingerprint density at radius 1 is 0.932 bits per heavy atom. The average molecular weight is 597 g/mol. The van der Waals surface area contributed by atoms with E-state index in [1.54, 1.807) is 0 Å². The van der Waals surface area contributed by atoms with E-state index in [-0.39, 0.29) is 32.1 Å². The molecule has 1 aromatic heterocycles.